The molecule has 2 rings (SSSR count). The molecule has 2 N–H and O–H groups in total. The highest BCUT2D eigenvalue weighted by Gasteiger charge is 2.01. The minimum Gasteiger partial charge on any atom is -0.481 e. The van der Waals surface area contributed by atoms with Crippen molar-refractivity contribution < 1.29 is 4.74 Å². The van der Waals surface area contributed by atoms with Gasteiger partial charge in [-0.2, -0.15) is 0 Å². The number of hydrogen-bond acceptors (Lipinski definition) is 4. The van der Waals surface area contributed by atoms with Gasteiger partial charge in [0, 0.05) is 35.6 Å². The molecule has 0 saturated carbocycles. The molecule has 0 spiro atoms. The number of aromatic nitrogens is 1. The summed E-state index contributed by atoms with van der Waals surface area (Å²) in [5, 5.41) is 6.56. The Balaban J connectivity index is 0.00000242. The van der Waals surface area contributed by atoms with E-state index in [0.717, 1.165) is 18.1 Å². The van der Waals surface area contributed by atoms with E-state index in [2.05, 4.69) is 39.7 Å². The first-order valence-corrected chi connectivity index (χ1v) is 7.51. The quantitative estimate of drug-likeness (QED) is 0.434. The molecular weight excluding hydrogens is 411 g/mol. The van der Waals surface area contributed by atoms with Gasteiger partial charge in [-0.15, -0.1) is 35.3 Å². The van der Waals surface area contributed by atoms with E-state index in [0.29, 0.717) is 12.4 Å². The monoisotopic (exact) mass is 432 g/mol. The van der Waals surface area contributed by atoms with Gasteiger partial charge in [0.05, 0.1) is 13.7 Å². The summed E-state index contributed by atoms with van der Waals surface area (Å²) < 4.78 is 5.04. The van der Waals surface area contributed by atoms with Gasteiger partial charge in [-0.1, -0.05) is 6.07 Å². The van der Waals surface area contributed by atoms with Gasteiger partial charge in [-0.25, -0.2) is 4.98 Å². The van der Waals surface area contributed by atoms with Crippen LogP contribution in [0.2, 0.25) is 0 Å². The molecule has 2 aromatic rings. The van der Waals surface area contributed by atoms with Crippen molar-refractivity contribution in [2.24, 2.45) is 4.99 Å². The van der Waals surface area contributed by atoms with Crippen molar-refractivity contribution in [2.75, 3.05) is 14.2 Å². The molecule has 0 fully saturated rings. The number of pyridine rings is 1. The third-order valence-corrected chi connectivity index (χ3v) is 3.92. The fourth-order valence-electron chi connectivity index (χ4n) is 1.79. The maximum absolute atomic E-state index is 5.04. The number of nitrogens with zero attached hydrogens (tertiary/aromatic N) is 2. The van der Waals surface area contributed by atoms with Gasteiger partial charge in [0.2, 0.25) is 5.88 Å². The Labute approximate surface area is 152 Å². The molecule has 0 radical (unpaired) electrons. The van der Waals surface area contributed by atoms with Gasteiger partial charge in [-0.3, -0.25) is 4.99 Å². The highest BCUT2D eigenvalue weighted by molar-refractivity contribution is 14.0. The Kier molecular flexibility index (Phi) is 8.18. The number of nitrogens with one attached hydrogen (secondary N) is 2. The average Bonchev–Trinajstić information content (AvgIpc) is 2.93. The standard InChI is InChI=1S/C15H20N4OS.HI/c1-11-4-6-13(21-11)10-19-15(16-2)18-9-12-5-7-14(20-3)17-8-12;/h4-8H,9-10H2,1-3H3,(H2,16,18,19);1H. The molecule has 7 heteroatoms. The van der Waals surface area contributed by atoms with Crippen molar-refractivity contribution in [3.8, 4) is 5.88 Å². The summed E-state index contributed by atoms with van der Waals surface area (Å²) in [7, 11) is 3.37. The van der Waals surface area contributed by atoms with E-state index in [1.807, 2.05) is 12.1 Å². The van der Waals surface area contributed by atoms with Crippen molar-refractivity contribution in [3.05, 3.63) is 45.8 Å². The maximum Gasteiger partial charge on any atom is 0.212 e. The number of ether oxygens (including phenoxy) is 1. The Hall–Kier alpha value is -1.35. The number of aliphatic imine (C=N–C) groups is 1. The fraction of sp³-hybridized carbons (Fsp3) is 0.333. The topological polar surface area (TPSA) is 58.5 Å². The molecule has 0 aromatic carbocycles. The average molecular weight is 432 g/mol. The van der Waals surface area contributed by atoms with Crippen molar-refractivity contribution in [2.45, 2.75) is 20.0 Å². The normalized spacial score (nSPS) is 10.8. The van der Waals surface area contributed by atoms with Crippen LogP contribution in [0.15, 0.2) is 35.5 Å². The summed E-state index contributed by atoms with van der Waals surface area (Å²) in [6, 6.07) is 8.09. The molecule has 0 aliphatic carbocycles. The van der Waals surface area contributed by atoms with Crippen LogP contribution < -0.4 is 15.4 Å². The van der Waals surface area contributed by atoms with Crippen LogP contribution in [0.3, 0.4) is 0 Å². The van der Waals surface area contributed by atoms with E-state index >= 15 is 0 Å². The molecule has 22 heavy (non-hydrogen) atoms. The van der Waals surface area contributed by atoms with Crippen molar-refractivity contribution in [3.63, 3.8) is 0 Å². The molecule has 0 saturated heterocycles. The van der Waals surface area contributed by atoms with E-state index in [-0.39, 0.29) is 24.0 Å². The van der Waals surface area contributed by atoms with E-state index in [4.69, 9.17) is 4.74 Å². The predicted octanol–water partition coefficient (Wildman–Crippen LogP) is 2.94. The predicted molar refractivity (Wildman–Crippen MR) is 102 cm³/mol. The number of halogens is 1. The summed E-state index contributed by atoms with van der Waals surface area (Å²) in [5.74, 6) is 1.39. The highest BCUT2D eigenvalue weighted by Crippen LogP contribution is 2.14. The Morgan fingerprint density at radius 1 is 1.23 bits per heavy atom. The molecule has 0 aliphatic heterocycles. The number of methoxy groups -OCH3 is 1. The summed E-state index contributed by atoms with van der Waals surface area (Å²) >= 11 is 1.79. The van der Waals surface area contributed by atoms with Crippen LogP contribution in [0.25, 0.3) is 0 Å². The Morgan fingerprint density at radius 2 is 2.00 bits per heavy atom. The maximum atomic E-state index is 5.04. The number of hydrogen-bond donors (Lipinski definition) is 2. The van der Waals surface area contributed by atoms with E-state index in [1.54, 1.807) is 31.7 Å². The van der Waals surface area contributed by atoms with E-state index in [1.165, 1.54) is 9.75 Å². The van der Waals surface area contributed by atoms with Crippen LogP contribution >= 0.6 is 35.3 Å². The van der Waals surface area contributed by atoms with Gasteiger partial charge in [-0.05, 0) is 24.6 Å². The number of aryl methyl sites for hydroxylation is 1. The molecule has 0 amide bonds. The smallest absolute Gasteiger partial charge is 0.212 e. The zero-order valence-electron chi connectivity index (χ0n) is 12.9. The summed E-state index contributed by atoms with van der Waals surface area (Å²) in [6.45, 7) is 3.55. The van der Waals surface area contributed by atoms with Gasteiger partial charge in [0.25, 0.3) is 0 Å². The minimum absolute atomic E-state index is 0. The number of rotatable bonds is 5. The zero-order chi connectivity index (χ0) is 15.1. The number of guanidine groups is 1. The first kappa shape index (κ1) is 18.7. The molecule has 120 valence electrons. The number of thiophene rings is 1. The fourth-order valence-corrected chi connectivity index (χ4v) is 2.62. The highest BCUT2D eigenvalue weighted by atomic mass is 127. The van der Waals surface area contributed by atoms with Crippen LogP contribution in [0.4, 0.5) is 0 Å². The lowest BCUT2D eigenvalue weighted by atomic mass is 10.3. The van der Waals surface area contributed by atoms with Crippen LogP contribution in [-0.2, 0) is 13.1 Å². The van der Waals surface area contributed by atoms with Crippen molar-refractivity contribution in [1.82, 2.24) is 15.6 Å². The zero-order valence-corrected chi connectivity index (χ0v) is 16.1. The molecular formula is C15H21IN4OS. The third-order valence-electron chi connectivity index (χ3n) is 2.92. The minimum atomic E-state index is 0. The van der Waals surface area contributed by atoms with Gasteiger partial charge >= 0.3 is 0 Å². The van der Waals surface area contributed by atoms with E-state index in [9.17, 15) is 0 Å². The van der Waals surface area contributed by atoms with Gasteiger partial charge in [0.15, 0.2) is 5.96 Å². The first-order chi connectivity index (χ1) is 10.2. The summed E-state index contributed by atoms with van der Waals surface area (Å²) in [6.07, 6.45) is 1.79. The van der Waals surface area contributed by atoms with Crippen LogP contribution in [-0.4, -0.2) is 25.1 Å². The Bertz CT molecular complexity index is 598. The third kappa shape index (κ3) is 5.80. The second-order valence-electron chi connectivity index (χ2n) is 4.50. The lowest BCUT2D eigenvalue weighted by molar-refractivity contribution is 0.397. The first-order valence-electron chi connectivity index (χ1n) is 6.70. The molecule has 2 aromatic heterocycles. The second kappa shape index (κ2) is 9.62. The van der Waals surface area contributed by atoms with Crippen molar-refractivity contribution in [1.29, 1.82) is 0 Å². The molecule has 0 aliphatic rings. The van der Waals surface area contributed by atoms with Crippen LogP contribution in [0.1, 0.15) is 15.3 Å². The lowest BCUT2D eigenvalue weighted by Gasteiger charge is -2.11. The van der Waals surface area contributed by atoms with Crippen LogP contribution in [0, 0.1) is 6.92 Å². The molecule has 2 heterocycles. The largest absolute Gasteiger partial charge is 0.481 e. The van der Waals surface area contributed by atoms with Crippen molar-refractivity contribution >= 4 is 41.3 Å². The summed E-state index contributed by atoms with van der Waals surface area (Å²) in [4.78, 5) is 11.0. The molecule has 0 bridgehead atoms. The summed E-state index contributed by atoms with van der Waals surface area (Å²) in [5.41, 5.74) is 1.07. The SMILES string of the molecule is CN=C(NCc1ccc(OC)nc1)NCc1ccc(C)s1.I. The van der Waals surface area contributed by atoms with Crippen LogP contribution in [0.5, 0.6) is 5.88 Å². The molecule has 5 nitrogen and oxygen atoms in total. The van der Waals surface area contributed by atoms with E-state index < -0.39 is 0 Å². The lowest BCUT2D eigenvalue weighted by Crippen LogP contribution is -2.36. The molecule has 0 unspecified atom stereocenters. The van der Waals surface area contributed by atoms with Gasteiger partial charge < -0.3 is 15.4 Å². The Morgan fingerprint density at radius 3 is 2.55 bits per heavy atom. The second-order valence-corrected chi connectivity index (χ2v) is 5.87. The molecule has 0 atom stereocenters. The van der Waals surface area contributed by atoms with Gasteiger partial charge in [0.1, 0.15) is 0 Å².